The van der Waals surface area contributed by atoms with E-state index in [2.05, 4.69) is 22.0 Å². The summed E-state index contributed by atoms with van der Waals surface area (Å²) in [6, 6.07) is 3.95. The molecule has 1 aromatic carbocycles. The number of hydrazone groups is 1. The Morgan fingerprint density at radius 1 is 1.40 bits per heavy atom. The molecule has 9 nitrogen and oxygen atoms in total. The molecular weight excluding hydrogens is 433 g/mol. The molecule has 11 heteroatoms. The number of halogens is 2. The molecule has 2 aliphatic heterocycles. The number of carbonyl (C=O) groups excluding carboxylic acids is 2. The first kappa shape index (κ1) is 21.5. The number of urea groups is 1. The lowest BCUT2D eigenvalue weighted by atomic mass is 9.96. The van der Waals surface area contributed by atoms with Gasteiger partial charge in [0.25, 0.3) is 0 Å². The summed E-state index contributed by atoms with van der Waals surface area (Å²) in [6.07, 6.45) is 1.43. The zero-order valence-corrected chi connectivity index (χ0v) is 17.2. The lowest BCUT2D eigenvalue weighted by molar-refractivity contribution is -0.115. The number of hydrogen-bond acceptors (Lipinski definition) is 7. The molecule has 0 radical (unpaired) electrons. The molecule has 2 heterocycles. The van der Waals surface area contributed by atoms with E-state index in [0.29, 0.717) is 5.57 Å². The number of dihydropyridines is 1. The molecule has 2 amide bonds. The van der Waals surface area contributed by atoms with Crippen LogP contribution in [0.5, 0.6) is 5.75 Å². The summed E-state index contributed by atoms with van der Waals surface area (Å²) >= 11 is 12.6. The first-order chi connectivity index (χ1) is 14.2. The van der Waals surface area contributed by atoms with E-state index in [4.69, 9.17) is 33.2 Å². The maximum atomic E-state index is 12.2. The van der Waals surface area contributed by atoms with Gasteiger partial charge in [-0.2, -0.15) is 15.4 Å². The van der Waals surface area contributed by atoms with Crippen LogP contribution in [0, 0.1) is 17.2 Å². The van der Waals surface area contributed by atoms with Gasteiger partial charge in [-0.15, -0.1) is 0 Å². The van der Waals surface area contributed by atoms with Gasteiger partial charge >= 0.3 is 6.03 Å². The highest BCUT2D eigenvalue weighted by Crippen LogP contribution is 2.38. The molecule has 0 saturated carbocycles. The number of carbonyl (C=O) groups is 2. The number of allylic oxidation sites excluding steroid dienone is 1. The van der Waals surface area contributed by atoms with Crippen molar-refractivity contribution in [1.82, 2.24) is 5.32 Å². The van der Waals surface area contributed by atoms with Crippen molar-refractivity contribution in [1.29, 1.82) is 5.26 Å². The minimum atomic E-state index is -0.638. The highest BCUT2D eigenvalue weighted by atomic mass is 35.5. The molecule has 2 N–H and O–H groups in total. The van der Waals surface area contributed by atoms with Crippen LogP contribution in [0.3, 0.4) is 0 Å². The summed E-state index contributed by atoms with van der Waals surface area (Å²) in [7, 11) is 0. The Bertz CT molecular complexity index is 1060. The van der Waals surface area contributed by atoms with E-state index < -0.39 is 6.03 Å². The quantitative estimate of drug-likeness (QED) is 0.732. The third-order valence-corrected chi connectivity index (χ3v) is 4.82. The number of amides is 2. The maximum absolute atomic E-state index is 12.2. The number of Topliss-reactive ketones (excluding diaryl/α,β-unsaturated/α-hetero) is 1. The molecule has 0 bridgehead atoms. The number of anilines is 1. The first-order valence-electron chi connectivity index (χ1n) is 8.61. The standard InChI is InChI=1S/C19H15Cl2N5O4/c1-9(8-27)12-5-17(23-7-16(12)28)30-18-13(20)3-11(4-14(18)21)26-19(29)24-10(2)15(6-22)25-26/h3-5,9,27H,2,7-8H2,1H3,(H,24,29). The van der Waals surface area contributed by atoms with Crippen LogP contribution in [0.4, 0.5) is 10.5 Å². The van der Waals surface area contributed by atoms with Crippen molar-refractivity contribution in [3.8, 4) is 11.8 Å². The lowest BCUT2D eigenvalue weighted by Crippen LogP contribution is -2.42. The van der Waals surface area contributed by atoms with E-state index in [1.54, 1.807) is 6.92 Å². The monoisotopic (exact) mass is 447 g/mol. The molecule has 1 unspecified atom stereocenters. The number of aliphatic hydroxyl groups excluding tert-OH is 1. The number of rotatable bonds is 4. The van der Waals surface area contributed by atoms with Gasteiger partial charge in [0.15, 0.2) is 17.2 Å². The number of nitriles is 1. The highest BCUT2D eigenvalue weighted by molar-refractivity contribution is 6.38. The number of nitrogens with one attached hydrogen (secondary N) is 1. The zero-order valence-electron chi connectivity index (χ0n) is 15.6. The van der Waals surface area contributed by atoms with Crippen LogP contribution in [0.2, 0.25) is 10.0 Å². The molecule has 0 spiro atoms. The van der Waals surface area contributed by atoms with Crippen LogP contribution < -0.4 is 15.1 Å². The van der Waals surface area contributed by atoms with Gasteiger partial charge in [-0.3, -0.25) is 4.79 Å². The predicted octanol–water partition coefficient (Wildman–Crippen LogP) is 2.83. The predicted molar refractivity (Wildman–Crippen MR) is 112 cm³/mol. The molecule has 2 aliphatic rings. The Morgan fingerprint density at radius 2 is 2.07 bits per heavy atom. The van der Waals surface area contributed by atoms with Gasteiger partial charge < -0.3 is 15.2 Å². The smallest absolute Gasteiger partial charge is 0.347 e. The van der Waals surface area contributed by atoms with Crippen molar-refractivity contribution in [2.75, 3.05) is 18.2 Å². The number of nitrogens with zero attached hydrogens (tertiary/aromatic N) is 4. The number of benzene rings is 1. The van der Waals surface area contributed by atoms with Crippen molar-refractivity contribution < 1.29 is 19.4 Å². The minimum absolute atomic E-state index is 0.0492. The zero-order chi connectivity index (χ0) is 22.0. The van der Waals surface area contributed by atoms with Gasteiger partial charge in [0.1, 0.15) is 12.6 Å². The number of aliphatic hydroxyl groups is 1. The molecule has 30 heavy (non-hydrogen) atoms. The van der Waals surface area contributed by atoms with Crippen molar-refractivity contribution >= 4 is 52.3 Å². The summed E-state index contributed by atoms with van der Waals surface area (Å²) in [5, 5.41) is 25.8. The third kappa shape index (κ3) is 4.21. The normalized spacial score (nSPS) is 17.5. The molecule has 154 valence electrons. The SMILES string of the molecule is C=C1NC(=O)N(c2cc(Cl)c(OC3=NCC(=O)C(C(C)CO)=C3)c(Cl)c2)N=C1C#N. The Hall–Kier alpha value is -3.19. The van der Waals surface area contributed by atoms with Gasteiger partial charge in [0, 0.05) is 24.2 Å². The second-order valence-corrected chi connectivity index (χ2v) is 7.20. The van der Waals surface area contributed by atoms with E-state index >= 15 is 0 Å². The molecule has 3 rings (SSSR count). The van der Waals surface area contributed by atoms with Crippen LogP contribution in [-0.2, 0) is 4.79 Å². The second-order valence-electron chi connectivity index (χ2n) is 6.38. The van der Waals surface area contributed by atoms with Crippen molar-refractivity contribution in [2.24, 2.45) is 16.0 Å². The van der Waals surface area contributed by atoms with Crippen LogP contribution >= 0.6 is 23.2 Å². The van der Waals surface area contributed by atoms with Gasteiger partial charge in [-0.05, 0) is 12.1 Å². The van der Waals surface area contributed by atoms with Gasteiger partial charge in [-0.1, -0.05) is 36.7 Å². The number of aliphatic imine (C=N–C) groups is 1. The Morgan fingerprint density at radius 3 is 2.67 bits per heavy atom. The van der Waals surface area contributed by atoms with Crippen LogP contribution in [0.1, 0.15) is 6.92 Å². The summed E-state index contributed by atoms with van der Waals surface area (Å²) in [5.74, 6) is -0.410. The maximum Gasteiger partial charge on any atom is 0.347 e. The molecule has 1 atom stereocenters. The Balaban J connectivity index is 1.91. The summed E-state index contributed by atoms with van der Waals surface area (Å²) in [6.45, 7) is 4.93. The van der Waals surface area contributed by atoms with Crippen molar-refractivity contribution in [3.05, 3.63) is 46.1 Å². The molecule has 0 fully saturated rings. The van der Waals surface area contributed by atoms with Gasteiger partial charge in [0.05, 0.1) is 21.4 Å². The molecule has 1 aromatic rings. The average Bonchev–Trinajstić information content (AvgIpc) is 2.71. The summed E-state index contributed by atoms with van der Waals surface area (Å²) < 4.78 is 5.67. The third-order valence-electron chi connectivity index (χ3n) is 4.26. The van der Waals surface area contributed by atoms with E-state index in [-0.39, 0.29) is 63.6 Å². The van der Waals surface area contributed by atoms with E-state index in [1.165, 1.54) is 18.2 Å². The average molecular weight is 448 g/mol. The van der Waals surface area contributed by atoms with Crippen molar-refractivity contribution in [3.63, 3.8) is 0 Å². The topological polar surface area (TPSA) is 127 Å². The largest absolute Gasteiger partial charge is 0.436 e. The van der Waals surface area contributed by atoms with Crippen LogP contribution in [0.25, 0.3) is 0 Å². The van der Waals surface area contributed by atoms with Crippen molar-refractivity contribution in [2.45, 2.75) is 6.92 Å². The molecule has 0 saturated heterocycles. The van der Waals surface area contributed by atoms with Gasteiger partial charge in [-0.25, -0.2) is 9.79 Å². The highest BCUT2D eigenvalue weighted by Gasteiger charge is 2.27. The summed E-state index contributed by atoms with van der Waals surface area (Å²) in [4.78, 5) is 28.2. The fourth-order valence-corrected chi connectivity index (χ4v) is 3.21. The number of hydrogen-bond donors (Lipinski definition) is 2. The fraction of sp³-hybridized carbons (Fsp3) is 0.211. The Kier molecular flexibility index (Phi) is 6.22. The Labute approximate surface area is 181 Å². The second kappa shape index (κ2) is 8.67. The molecule has 0 aliphatic carbocycles. The van der Waals surface area contributed by atoms with Crippen LogP contribution in [-0.4, -0.2) is 41.7 Å². The first-order valence-corrected chi connectivity index (χ1v) is 9.36. The van der Waals surface area contributed by atoms with Gasteiger partial charge in [0.2, 0.25) is 5.90 Å². The van der Waals surface area contributed by atoms with E-state index in [1.807, 2.05) is 6.07 Å². The minimum Gasteiger partial charge on any atom is -0.436 e. The van der Waals surface area contributed by atoms with E-state index in [0.717, 1.165) is 5.01 Å². The fourth-order valence-electron chi connectivity index (χ4n) is 2.66. The molecule has 0 aromatic heterocycles. The number of ketones is 1. The van der Waals surface area contributed by atoms with E-state index in [9.17, 15) is 14.7 Å². The number of ether oxygens (including phenoxy) is 1. The molecular formula is C19H15Cl2N5O4. The van der Waals surface area contributed by atoms with Crippen LogP contribution in [0.15, 0.2) is 46.2 Å². The summed E-state index contributed by atoms with van der Waals surface area (Å²) in [5.41, 5.74) is 0.593. The lowest BCUT2D eigenvalue weighted by Gasteiger charge is -2.24.